The van der Waals surface area contributed by atoms with Crippen molar-refractivity contribution in [2.75, 3.05) is 34.0 Å². The average molecular weight is 429 g/mol. The first-order valence-electron chi connectivity index (χ1n) is 10.2. The van der Waals surface area contributed by atoms with Crippen molar-refractivity contribution < 1.29 is 19.0 Å². The second-order valence-electron chi connectivity index (χ2n) is 6.99. The predicted molar refractivity (Wildman–Crippen MR) is 121 cm³/mol. The van der Waals surface area contributed by atoms with Crippen molar-refractivity contribution in [3.63, 3.8) is 0 Å². The van der Waals surface area contributed by atoms with Crippen LogP contribution in [-0.2, 0) is 22.6 Å². The van der Waals surface area contributed by atoms with Crippen molar-refractivity contribution in [2.45, 2.75) is 26.4 Å². The third kappa shape index (κ3) is 8.96. The van der Waals surface area contributed by atoms with Crippen molar-refractivity contribution in [3.8, 4) is 11.5 Å². The SMILES string of the molecule is CN=C(NCc1cccc(OCC(N)=O)c1)NCc1ccc(C)cc1OCCCOC. The fraction of sp³-hybridized carbons (Fsp3) is 0.391. The lowest BCUT2D eigenvalue weighted by molar-refractivity contribution is -0.119. The summed E-state index contributed by atoms with van der Waals surface area (Å²) in [4.78, 5) is 15.2. The molecule has 0 bridgehead atoms. The molecule has 4 N–H and O–H groups in total. The Labute approximate surface area is 183 Å². The van der Waals surface area contributed by atoms with Gasteiger partial charge >= 0.3 is 0 Å². The van der Waals surface area contributed by atoms with Crippen molar-refractivity contribution in [2.24, 2.45) is 10.7 Å². The third-order valence-corrected chi connectivity index (χ3v) is 4.38. The molecule has 0 atom stereocenters. The summed E-state index contributed by atoms with van der Waals surface area (Å²) in [5.74, 6) is 1.61. The maximum absolute atomic E-state index is 10.9. The van der Waals surface area contributed by atoms with E-state index in [0.29, 0.717) is 38.0 Å². The highest BCUT2D eigenvalue weighted by molar-refractivity contribution is 5.79. The number of ether oxygens (including phenoxy) is 3. The fourth-order valence-electron chi connectivity index (χ4n) is 2.81. The zero-order chi connectivity index (χ0) is 22.5. The molecule has 8 heteroatoms. The number of rotatable bonds is 12. The van der Waals surface area contributed by atoms with Gasteiger partial charge in [0, 0.05) is 45.8 Å². The van der Waals surface area contributed by atoms with Crippen LogP contribution in [0.1, 0.15) is 23.1 Å². The molecule has 1 amide bonds. The Morgan fingerprint density at radius 1 is 1.06 bits per heavy atom. The monoisotopic (exact) mass is 428 g/mol. The topological polar surface area (TPSA) is 107 Å². The molecule has 0 heterocycles. The first-order chi connectivity index (χ1) is 15.0. The molecule has 0 spiro atoms. The minimum Gasteiger partial charge on any atom is -0.493 e. The summed E-state index contributed by atoms with van der Waals surface area (Å²) in [6, 6.07) is 13.6. The van der Waals surface area contributed by atoms with Gasteiger partial charge in [0.15, 0.2) is 12.6 Å². The Morgan fingerprint density at radius 2 is 1.87 bits per heavy atom. The summed E-state index contributed by atoms with van der Waals surface area (Å²) in [7, 11) is 3.41. The Hall–Kier alpha value is -3.26. The summed E-state index contributed by atoms with van der Waals surface area (Å²) >= 11 is 0. The minimum absolute atomic E-state index is 0.146. The molecule has 2 rings (SSSR count). The predicted octanol–water partition coefficient (Wildman–Crippen LogP) is 2.14. The quantitative estimate of drug-likeness (QED) is 0.272. The van der Waals surface area contributed by atoms with Crippen molar-refractivity contribution in [1.82, 2.24) is 10.6 Å². The number of hydrogen-bond donors (Lipinski definition) is 3. The number of primary amides is 1. The number of nitrogens with zero attached hydrogens (tertiary/aromatic N) is 1. The van der Waals surface area contributed by atoms with E-state index in [0.717, 1.165) is 28.9 Å². The third-order valence-electron chi connectivity index (χ3n) is 4.38. The van der Waals surface area contributed by atoms with E-state index in [1.165, 1.54) is 0 Å². The number of benzene rings is 2. The van der Waals surface area contributed by atoms with Crippen LogP contribution in [0.5, 0.6) is 11.5 Å². The molecule has 31 heavy (non-hydrogen) atoms. The van der Waals surface area contributed by atoms with Gasteiger partial charge in [0.2, 0.25) is 0 Å². The highest BCUT2D eigenvalue weighted by Gasteiger charge is 2.07. The first-order valence-corrected chi connectivity index (χ1v) is 10.2. The molecule has 2 aromatic carbocycles. The van der Waals surface area contributed by atoms with Gasteiger partial charge in [-0.2, -0.15) is 0 Å². The number of carbonyl (C=O) groups is 1. The molecule has 168 valence electrons. The first kappa shape index (κ1) is 24.0. The van der Waals surface area contributed by atoms with Gasteiger partial charge in [-0.05, 0) is 36.2 Å². The minimum atomic E-state index is -0.508. The molecule has 0 saturated heterocycles. The Morgan fingerprint density at radius 3 is 2.61 bits per heavy atom. The molecule has 0 aliphatic heterocycles. The maximum Gasteiger partial charge on any atom is 0.255 e. The number of guanidine groups is 1. The number of nitrogens with one attached hydrogen (secondary N) is 2. The van der Waals surface area contributed by atoms with Crippen LogP contribution in [0.4, 0.5) is 0 Å². The summed E-state index contributed by atoms with van der Waals surface area (Å²) in [5, 5.41) is 6.59. The van der Waals surface area contributed by atoms with Gasteiger partial charge in [-0.3, -0.25) is 9.79 Å². The van der Waals surface area contributed by atoms with Crippen LogP contribution in [0.2, 0.25) is 0 Å². The number of nitrogens with two attached hydrogens (primary N) is 1. The standard InChI is InChI=1S/C23H32N4O4/c1-17-8-9-19(21(12-17)30-11-5-10-29-3)15-27-23(25-2)26-14-18-6-4-7-20(13-18)31-16-22(24)28/h4,6-9,12-13H,5,10-11,14-16H2,1-3H3,(H2,24,28)(H2,25,26,27). The molecule has 0 fully saturated rings. The van der Waals surface area contributed by atoms with Gasteiger partial charge < -0.3 is 30.6 Å². The van der Waals surface area contributed by atoms with E-state index in [-0.39, 0.29) is 6.61 Å². The number of amides is 1. The molecular weight excluding hydrogens is 396 g/mol. The van der Waals surface area contributed by atoms with E-state index in [4.69, 9.17) is 19.9 Å². The lowest BCUT2D eigenvalue weighted by Gasteiger charge is -2.16. The van der Waals surface area contributed by atoms with Crippen molar-refractivity contribution >= 4 is 11.9 Å². The van der Waals surface area contributed by atoms with E-state index in [1.807, 2.05) is 31.2 Å². The smallest absolute Gasteiger partial charge is 0.255 e. The molecule has 0 aliphatic carbocycles. The van der Waals surface area contributed by atoms with E-state index in [9.17, 15) is 4.79 Å². The van der Waals surface area contributed by atoms with Gasteiger partial charge in [0.1, 0.15) is 11.5 Å². The Bertz CT molecular complexity index is 870. The number of methoxy groups -OCH3 is 1. The van der Waals surface area contributed by atoms with Crippen LogP contribution in [0, 0.1) is 6.92 Å². The zero-order valence-corrected chi connectivity index (χ0v) is 18.4. The van der Waals surface area contributed by atoms with Crippen LogP contribution in [-0.4, -0.2) is 45.8 Å². The molecule has 0 radical (unpaired) electrons. The number of aryl methyl sites for hydroxylation is 1. The van der Waals surface area contributed by atoms with Gasteiger partial charge in [-0.25, -0.2) is 0 Å². The highest BCUT2D eigenvalue weighted by Crippen LogP contribution is 2.20. The maximum atomic E-state index is 10.9. The molecule has 2 aromatic rings. The highest BCUT2D eigenvalue weighted by atomic mass is 16.5. The largest absolute Gasteiger partial charge is 0.493 e. The van der Waals surface area contributed by atoms with E-state index in [2.05, 4.69) is 27.8 Å². The summed E-state index contributed by atoms with van der Waals surface area (Å²) in [6.07, 6.45) is 0.836. The van der Waals surface area contributed by atoms with Crippen LogP contribution < -0.4 is 25.8 Å². The van der Waals surface area contributed by atoms with Gasteiger partial charge in [0.25, 0.3) is 5.91 Å². The normalized spacial score (nSPS) is 11.1. The number of aliphatic imine (C=N–C) groups is 1. The van der Waals surface area contributed by atoms with E-state index in [1.54, 1.807) is 20.2 Å². The van der Waals surface area contributed by atoms with Crippen LogP contribution >= 0.6 is 0 Å². The van der Waals surface area contributed by atoms with Crippen molar-refractivity contribution in [3.05, 3.63) is 59.2 Å². The van der Waals surface area contributed by atoms with Crippen molar-refractivity contribution in [1.29, 1.82) is 0 Å². The summed E-state index contributed by atoms with van der Waals surface area (Å²) in [5.41, 5.74) is 8.30. The van der Waals surface area contributed by atoms with Gasteiger partial charge in [0.05, 0.1) is 6.61 Å². The molecule has 0 aromatic heterocycles. The lowest BCUT2D eigenvalue weighted by Crippen LogP contribution is -2.36. The fourth-order valence-corrected chi connectivity index (χ4v) is 2.81. The Kier molecular flexibility index (Phi) is 10.2. The average Bonchev–Trinajstić information content (AvgIpc) is 2.76. The summed E-state index contributed by atoms with van der Waals surface area (Å²) < 4.78 is 16.4. The van der Waals surface area contributed by atoms with Gasteiger partial charge in [-0.15, -0.1) is 0 Å². The lowest BCUT2D eigenvalue weighted by atomic mass is 10.1. The van der Waals surface area contributed by atoms with Crippen LogP contribution in [0.25, 0.3) is 0 Å². The second kappa shape index (κ2) is 13.1. The molecular formula is C23H32N4O4. The van der Waals surface area contributed by atoms with E-state index >= 15 is 0 Å². The van der Waals surface area contributed by atoms with Gasteiger partial charge in [-0.1, -0.05) is 24.3 Å². The van der Waals surface area contributed by atoms with Crippen LogP contribution in [0.3, 0.4) is 0 Å². The summed E-state index contributed by atoms with van der Waals surface area (Å²) in [6.45, 7) is 4.28. The Balaban J connectivity index is 1.90. The number of hydrogen-bond acceptors (Lipinski definition) is 5. The molecule has 8 nitrogen and oxygen atoms in total. The number of carbonyl (C=O) groups excluding carboxylic acids is 1. The molecule has 0 aliphatic rings. The second-order valence-corrected chi connectivity index (χ2v) is 6.99. The van der Waals surface area contributed by atoms with Crippen LogP contribution in [0.15, 0.2) is 47.5 Å². The van der Waals surface area contributed by atoms with E-state index < -0.39 is 5.91 Å². The molecule has 0 unspecified atom stereocenters. The zero-order valence-electron chi connectivity index (χ0n) is 18.4. The molecule has 0 saturated carbocycles.